The Morgan fingerprint density at radius 1 is 1.35 bits per heavy atom. The number of ether oxygens (including phenoxy) is 1. The monoisotopic (exact) mass is 234 g/mol. The molecule has 0 aliphatic carbocycles. The van der Waals surface area contributed by atoms with E-state index in [1.165, 1.54) is 6.20 Å². The summed E-state index contributed by atoms with van der Waals surface area (Å²) in [6, 6.07) is 3.26. The molecular weight excluding hydrogens is 220 g/mol. The lowest BCUT2D eigenvalue weighted by atomic mass is 10.3. The van der Waals surface area contributed by atoms with Crippen LogP contribution >= 0.6 is 0 Å². The normalized spacial score (nSPS) is 14.7. The standard InChI is InChI=1S/C12H14N2O3/c15-11(14-6-1-2-7-14)9-17-12(16)10-4-3-5-13-8-10/h3-5,8H,1-2,6-7,9H2. The van der Waals surface area contributed by atoms with Crippen LogP contribution in [0.25, 0.3) is 0 Å². The molecule has 0 unspecified atom stereocenters. The molecule has 17 heavy (non-hydrogen) atoms. The summed E-state index contributed by atoms with van der Waals surface area (Å²) < 4.78 is 4.93. The zero-order valence-corrected chi connectivity index (χ0v) is 9.46. The Bertz CT molecular complexity index is 399. The molecule has 5 heteroatoms. The summed E-state index contributed by atoms with van der Waals surface area (Å²) >= 11 is 0. The molecule has 2 heterocycles. The van der Waals surface area contributed by atoms with Crippen molar-refractivity contribution in [2.45, 2.75) is 12.8 Å². The van der Waals surface area contributed by atoms with E-state index in [1.54, 1.807) is 23.2 Å². The lowest BCUT2D eigenvalue weighted by Gasteiger charge is -2.14. The molecule has 0 N–H and O–H groups in total. The van der Waals surface area contributed by atoms with Crippen molar-refractivity contribution in [1.29, 1.82) is 0 Å². The zero-order valence-electron chi connectivity index (χ0n) is 9.46. The number of nitrogens with zero attached hydrogens (tertiary/aromatic N) is 2. The van der Waals surface area contributed by atoms with Crippen LogP contribution in [-0.4, -0.2) is 41.5 Å². The van der Waals surface area contributed by atoms with Gasteiger partial charge in [-0.05, 0) is 25.0 Å². The molecule has 0 spiro atoms. The maximum atomic E-state index is 11.6. The second-order valence-electron chi connectivity index (χ2n) is 3.91. The molecule has 1 saturated heterocycles. The number of likely N-dealkylation sites (tertiary alicyclic amines) is 1. The first-order chi connectivity index (χ1) is 8.27. The van der Waals surface area contributed by atoms with E-state index in [-0.39, 0.29) is 12.5 Å². The predicted octanol–water partition coefficient (Wildman–Crippen LogP) is 0.861. The van der Waals surface area contributed by atoms with Crippen molar-refractivity contribution in [3.05, 3.63) is 30.1 Å². The van der Waals surface area contributed by atoms with E-state index in [2.05, 4.69) is 4.98 Å². The Kier molecular flexibility index (Phi) is 3.69. The van der Waals surface area contributed by atoms with Crippen molar-refractivity contribution in [3.8, 4) is 0 Å². The fourth-order valence-electron chi connectivity index (χ4n) is 1.75. The van der Waals surface area contributed by atoms with Crippen molar-refractivity contribution < 1.29 is 14.3 Å². The minimum Gasteiger partial charge on any atom is -0.452 e. The van der Waals surface area contributed by atoms with Gasteiger partial charge in [-0.15, -0.1) is 0 Å². The van der Waals surface area contributed by atoms with Crippen LogP contribution in [-0.2, 0) is 9.53 Å². The largest absolute Gasteiger partial charge is 0.452 e. The number of carbonyl (C=O) groups is 2. The quantitative estimate of drug-likeness (QED) is 0.728. The van der Waals surface area contributed by atoms with Gasteiger partial charge in [0.05, 0.1) is 5.56 Å². The van der Waals surface area contributed by atoms with Gasteiger partial charge in [0, 0.05) is 25.5 Å². The maximum absolute atomic E-state index is 11.6. The lowest BCUT2D eigenvalue weighted by Crippen LogP contribution is -2.32. The molecule has 0 atom stereocenters. The van der Waals surface area contributed by atoms with Crippen LogP contribution in [0.1, 0.15) is 23.2 Å². The number of carbonyl (C=O) groups excluding carboxylic acids is 2. The smallest absolute Gasteiger partial charge is 0.340 e. The average Bonchev–Trinajstić information content (AvgIpc) is 2.90. The van der Waals surface area contributed by atoms with Gasteiger partial charge in [-0.3, -0.25) is 9.78 Å². The van der Waals surface area contributed by atoms with Gasteiger partial charge in [-0.1, -0.05) is 0 Å². The molecule has 1 fully saturated rings. The van der Waals surface area contributed by atoms with E-state index in [4.69, 9.17) is 4.74 Å². The fourth-order valence-corrected chi connectivity index (χ4v) is 1.75. The molecule has 0 bridgehead atoms. The summed E-state index contributed by atoms with van der Waals surface area (Å²) in [6.07, 6.45) is 5.05. The molecule has 0 radical (unpaired) electrons. The molecule has 90 valence electrons. The highest BCUT2D eigenvalue weighted by molar-refractivity contribution is 5.90. The third kappa shape index (κ3) is 3.03. The maximum Gasteiger partial charge on any atom is 0.340 e. The topological polar surface area (TPSA) is 59.5 Å². The molecular formula is C12H14N2O3. The Hall–Kier alpha value is -1.91. The lowest BCUT2D eigenvalue weighted by molar-refractivity contribution is -0.133. The number of esters is 1. The molecule has 2 rings (SSSR count). The van der Waals surface area contributed by atoms with Crippen molar-refractivity contribution >= 4 is 11.9 Å². The van der Waals surface area contributed by atoms with Gasteiger partial charge in [-0.25, -0.2) is 4.79 Å². The molecule has 0 saturated carbocycles. The highest BCUT2D eigenvalue weighted by Gasteiger charge is 2.19. The third-order valence-electron chi connectivity index (χ3n) is 2.68. The molecule has 1 aromatic rings. The van der Waals surface area contributed by atoms with Crippen molar-refractivity contribution in [1.82, 2.24) is 9.88 Å². The summed E-state index contributed by atoms with van der Waals surface area (Å²) in [7, 11) is 0. The van der Waals surface area contributed by atoms with Gasteiger partial charge in [0.2, 0.25) is 0 Å². The first kappa shape index (κ1) is 11.6. The SMILES string of the molecule is O=C(OCC(=O)N1CCCC1)c1cccnc1. The van der Waals surface area contributed by atoms with Gasteiger partial charge in [0.1, 0.15) is 0 Å². The number of aromatic nitrogens is 1. The van der Waals surface area contributed by atoms with Crippen LogP contribution in [0.4, 0.5) is 0 Å². The van der Waals surface area contributed by atoms with Crippen LogP contribution in [0.2, 0.25) is 0 Å². The Labute approximate surface area is 99.4 Å². The molecule has 1 amide bonds. The van der Waals surface area contributed by atoms with Crippen molar-refractivity contribution in [2.75, 3.05) is 19.7 Å². The van der Waals surface area contributed by atoms with Gasteiger partial charge in [-0.2, -0.15) is 0 Å². The Balaban J connectivity index is 1.82. The van der Waals surface area contributed by atoms with E-state index < -0.39 is 5.97 Å². The first-order valence-corrected chi connectivity index (χ1v) is 5.62. The molecule has 1 aliphatic heterocycles. The summed E-state index contributed by atoms with van der Waals surface area (Å²) in [5.74, 6) is -0.634. The second-order valence-corrected chi connectivity index (χ2v) is 3.91. The summed E-state index contributed by atoms with van der Waals surface area (Å²) in [6.45, 7) is 1.35. The Morgan fingerprint density at radius 3 is 2.76 bits per heavy atom. The van der Waals surface area contributed by atoms with Gasteiger partial charge in [0.15, 0.2) is 6.61 Å². The minimum atomic E-state index is -0.509. The zero-order chi connectivity index (χ0) is 12.1. The van der Waals surface area contributed by atoms with Gasteiger partial charge < -0.3 is 9.64 Å². The Morgan fingerprint density at radius 2 is 2.12 bits per heavy atom. The second kappa shape index (κ2) is 5.43. The van der Waals surface area contributed by atoms with Crippen LogP contribution in [0.15, 0.2) is 24.5 Å². The molecule has 1 aliphatic rings. The van der Waals surface area contributed by atoms with Crippen LogP contribution in [0.5, 0.6) is 0 Å². The van der Waals surface area contributed by atoms with Gasteiger partial charge >= 0.3 is 5.97 Å². The molecule has 1 aromatic heterocycles. The summed E-state index contributed by atoms with van der Waals surface area (Å²) in [5, 5.41) is 0. The molecule has 0 aromatic carbocycles. The van der Waals surface area contributed by atoms with Crippen LogP contribution in [0.3, 0.4) is 0 Å². The molecule has 5 nitrogen and oxygen atoms in total. The van der Waals surface area contributed by atoms with E-state index in [9.17, 15) is 9.59 Å². The number of rotatable bonds is 3. The average molecular weight is 234 g/mol. The van der Waals surface area contributed by atoms with E-state index in [0.29, 0.717) is 5.56 Å². The van der Waals surface area contributed by atoms with Crippen molar-refractivity contribution in [3.63, 3.8) is 0 Å². The summed E-state index contributed by atoms with van der Waals surface area (Å²) in [4.78, 5) is 28.7. The number of pyridine rings is 1. The predicted molar refractivity (Wildman–Crippen MR) is 60.3 cm³/mol. The highest BCUT2D eigenvalue weighted by atomic mass is 16.5. The minimum absolute atomic E-state index is 0.125. The summed E-state index contributed by atoms with van der Waals surface area (Å²) in [5.41, 5.74) is 0.363. The van der Waals surface area contributed by atoms with Crippen LogP contribution in [0, 0.1) is 0 Å². The van der Waals surface area contributed by atoms with Crippen molar-refractivity contribution in [2.24, 2.45) is 0 Å². The highest BCUT2D eigenvalue weighted by Crippen LogP contribution is 2.08. The van der Waals surface area contributed by atoms with Crippen LogP contribution < -0.4 is 0 Å². The number of hydrogen-bond acceptors (Lipinski definition) is 4. The number of hydrogen-bond donors (Lipinski definition) is 0. The van der Waals surface area contributed by atoms with E-state index in [0.717, 1.165) is 25.9 Å². The van der Waals surface area contributed by atoms with Gasteiger partial charge in [0.25, 0.3) is 5.91 Å². The first-order valence-electron chi connectivity index (χ1n) is 5.62. The number of amides is 1. The van der Waals surface area contributed by atoms with E-state index >= 15 is 0 Å². The fraction of sp³-hybridized carbons (Fsp3) is 0.417. The van der Waals surface area contributed by atoms with E-state index in [1.807, 2.05) is 0 Å². The third-order valence-corrected chi connectivity index (χ3v) is 2.68.